The average Bonchev–Trinajstić information content (AvgIpc) is 2.61. The van der Waals surface area contributed by atoms with Crippen molar-refractivity contribution >= 4 is 44.6 Å². The van der Waals surface area contributed by atoms with E-state index >= 15 is 0 Å². The molecule has 3 rings (SSSR count). The van der Waals surface area contributed by atoms with Gasteiger partial charge in [-0.15, -0.1) is 0 Å². The van der Waals surface area contributed by atoms with Crippen LogP contribution in [0.25, 0.3) is 0 Å². The Morgan fingerprint density at radius 1 is 1.00 bits per heavy atom. The molecule has 126 valence electrons. The molecule has 0 bridgehead atoms. The van der Waals surface area contributed by atoms with E-state index in [-0.39, 0.29) is 0 Å². The number of hydrogen-bond donors (Lipinski definition) is 2. The highest BCUT2D eigenvalue weighted by molar-refractivity contribution is 9.10. The van der Waals surface area contributed by atoms with Crippen molar-refractivity contribution in [3.05, 3.63) is 92.9 Å². The Kier molecular flexibility index (Phi) is 5.41. The van der Waals surface area contributed by atoms with Crippen molar-refractivity contribution < 1.29 is 5.21 Å². The van der Waals surface area contributed by atoms with Gasteiger partial charge in [0.05, 0.1) is 10.7 Å². The van der Waals surface area contributed by atoms with Gasteiger partial charge < -0.3 is 10.5 Å². The van der Waals surface area contributed by atoms with Crippen molar-refractivity contribution in [2.24, 2.45) is 5.16 Å². The number of nitrogens with one attached hydrogen (secondary N) is 1. The topological polar surface area (TPSA) is 44.6 Å². The van der Waals surface area contributed by atoms with Crippen LogP contribution in [0.15, 0.2) is 76.4 Å². The van der Waals surface area contributed by atoms with Crippen molar-refractivity contribution in [1.82, 2.24) is 0 Å². The zero-order chi connectivity index (χ0) is 17.8. The molecule has 0 spiro atoms. The minimum atomic E-state index is 0.454. The molecule has 25 heavy (non-hydrogen) atoms. The van der Waals surface area contributed by atoms with Crippen LogP contribution in [0.4, 0.5) is 11.4 Å². The van der Waals surface area contributed by atoms with E-state index in [0.29, 0.717) is 16.3 Å². The number of nitrogens with zero attached hydrogens (tertiary/aromatic N) is 1. The molecule has 5 heteroatoms. The fourth-order valence-electron chi connectivity index (χ4n) is 2.59. The molecule has 3 nitrogen and oxygen atoms in total. The summed E-state index contributed by atoms with van der Waals surface area (Å²) < 4.78 is 0.965. The largest absolute Gasteiger partial charge is 0.410 e. The van der Waals surface area contributed by atoms with Crippen molar-refractivity contribution in [3.8, 4) is 0 Å². The van der Waals surface area contributed by atoms with E-state index in [0.717, 1.165) is 27.0 Å². The lowest BCUT2D eigenvalue weighted by atomic mass is 9.98. The molecular formula is C20H16BrClN2O. The fraction of sp³-hybridized carbons (Fsp3) is 0.0500. The minimum absolute atomic E-state index is 0.454. The Bertz CT molecular complexity index is 940. The van der Waals surface area contributed by atoms with Gasteiger partial charge in [0.2, 0.25) is 0 Å². The molecule has 0 aromatic heterocycles. The van der Waals surface area contributed by atoms with Gasteiger partial charge in [0.25, 0.3) is 0 Å². The van der Waals surface area contributed by atoms with E-state index in [4.69, 9.17) is 11.6 Å². The molecule has 0 aliphatic heterocycles. The highest BCUT2D eigenvalue weighted by Crippen LogP contribution is 2.29. The smallest absolute Gasteiger partial charge is 0.118 e. The summed E-state index contributed by atoms with van der Waals surface area (Å²) in [5.41, 5.74) is 4.79. The fourth-order valence-corrected chi connectivity index (χ4v) is 3.25. The zero-order valence-electron chi connectivity index (χ0n) is 13.5. The summed E-state index contributed by atoms with van der Waals surface area (Å²) in [6, 6.07) is 21.2. The Morgan fingerprint density at radius 3 is 2.40 bits per heavy atom. The summed E-state index contributed by atoms with van der Waals surface area (Å²) in [4.78, 5) is 0. The van der Waals surface area contributed by atoms with Crippen molar-refractivity contribution in [1.29, 1.82) is 0 Å². The first-order valence-corrected chi connectivity index (χ1v) is 8.87. The molecule has 0 saturated heterocycles. The Hall–Kier alpha value is -2.30. The lowest BCUT2D eigenvalue weighted by Crippen LogP contribution is -2.06. The maximum Gasteiger partial charge on any atom is 0.118 e. The molecular weight excluding hydrogens is 400 g/mol. The predicted molar refractivity (Wildman–Crippen MR) is 107 cm³/mol. The molecule has 0 unspecified atom stereocenters. The van der Waals surface area contributed by atoms with Gasteiger partial charge >= 0.3 is 0 Å². The Balaban J connectivity index is 1.94. The molecule has 3 aromatic rings. The van der Waals surface area contributed by atoms with Crippen molar-refractivity contribution in [2.75, 3.05) is 5.32 Å². The van der Waals surface area contributed by atoms with E-state index in [1.807, 2.05) is 73.7 Å². The second-order valence-electron chi connectivity index (χ2n) is 5.56. The van der Waals surface area contributed by atoms with Crippen LogP contribution in [-0.2, 0) is 0 Å². The van der Waals surface area contributed by atoms with Gasteiger partial charge in [-0.25, -0.2) is 0 Å². The van der Waals surface area contributed by atoms with Crippen LogP contribution in [0, 0.1) is 6.92 Å². The van der Waals surface area contributed by atoms with Crippen LogP contribution in [0.2, 0.25) is 5.02 Å². The summed E-state index contributed by atoms with van der Waals surface area (Å²) in [5.74, 6) is 0. The summed E-state index contributed by atoms with van der Waals surface area (Å²) in [6.07, 6.45) is 0. The second kappa shape index (κ2) is 7.72. The quantitative estimate of drug-likeness (QED) is 0.295. The highest BCUT2D eigenvalue weighted by Gasteiger charge is 2.14. The monoisotopic (exact) mass is 414 g/mol. The Labute approximate surface area is 160 Å². The SMILES string of the molecule is Cc1ccccc1/C(=N/O)c1ccc(Nc2ccccc2Br)cc1Cl. The van der Waals surface area contributed by atoms with Gasteiger partial charge in [-0.3, -0.25) is 0 Å². The van der Waals surface area contributed by atoms with E-state index < -0.39 is 0 Å². The van der Waals surface area contributed by atoms with Gasteiger partial charge in [-0.1, -0.05) is 53.2 Å². The number of halogens is 2. The number of anilines is 2. The van der Waals surface area contributed by atoms with Crippen LogP contribution in [-0.4, -0.2) is 10.9 Å². The molecule has 0 amide bonds. The molecule has 0 aliphatic carbocycles. The first kappa shape index (κ1) is 17.5. The predicted octanol–water partition coefficient (Wildman–Crippen LogP) is 6.38. The molecule has 2 N–H and O–H groups in total. The second-order valence-corrected chi connectivity index (χ2v) is 6.82. The number of aryl methyl sites for hydroxylation is 1. The van der Waals surface area contributed by atoms with Gasteiger partial charge in [-0.2, -0.15) is 0 Å². The number of para-hydroxylation sites is 1. The Morgan fingerprint density at radius 2 is 1.72 bits per heavy atom. The standard InChI is InChI=1S/C20H16BrClN2O/c1-13-6-2-3-7-15(13)20(24-25)16-11-10-14(12-18(16)22)23-19-9-5-4-8-17(19)21/h2-12,23,25H,1H3/b24-20-. The van der Waals surface area contributed by atoms with Gasteiger partial charge in [0.15, 0.2) is 0 Å². The van der Waals surface area contributed by atoms with Crippen molar-refractivity contribution in [2.45, 2.75) is 6.92 Å². The molecule has 0 radical (unpaired) electrons. The maximum absolute atomic E-state index is 9.53. The average molecular weight is 416 g/mol. The number of oxime groups is 1. The van der Waals surface area contributed by atoms with E-state index in [1.54, 1.807) is 0 Å². The summed E-state index contributed by atoms with van der Waals surface area (Å²) in [5, 5.41) is 16.8. The van der Waals surface area contributed by atoms with Gasteiger partial charge in [-0.05, 0) is 58.7 Å². The normalized spacial score (nSPS) is 11.4. The maximum atomic E-state index is 9.53. The van der Waals surface area contributed by atoms with Gasteiger partial charge in [0, 0.05) is 21.3 Å². The van der Waals surface area contributed by atoms with E-state index in [9.17, 15) is 5.21 Å². The van der Waals surface area contributed by atoms with E-state index in [2.05, 4.69) is 26.4 Å². The molecule has 0 aliphatic rings. The third kappa shape index (κ3) is 3.86. The summed E-state index contributed by atoms with van der Waals surface area (Å²) in [6.45, 7) is 1.97. The van der Waals surface area contributed by atoms with Crippen LogP contribution < -0.4 is 5.32 Å². The lowest BCUT2D eigenvalue weighted by molar-refractivity contribution is 0.319. The molecule has 0 fully saturated rings. The number of hydrogen-bond acceptors (Lipinski definition) is 3. The van der Waals surface area contributed by atoms with E-state index in [1.165, 1.54) is 0 Å². The molecule has 0 heterocycles. The molecule has 0 saturated carbocycles. The van der Waals surface area contributed by atoms with Gasteiger partial charge in [0.1, 0.15) is 5.71 Å². The van der Waals surface area contributed by atoms with Crippen LogP contribution in [0.5, 0.6) is 0 Å². The number of benzene rings is 3. The molecule has 0 atom stereocenters. The van der Waals surface area contributed by atoms with Crippen molar-refractivity contribution in [3.63, 3.8) is 0 Å². The third-order valence-corrected chi connectivity index (χ3v) is 4.88. The number of rotatable bonds is 4. The lowest BCUT2D eigenvalue weighted by Gasteiger charge is -2.13. The van der Waals surface area contributed by atoms with Crippen LogP contribution in [0.3, 0.4) is 0 Å². The first-order valence-electron chi connectivity index (χ1n) is 7.69. The van der Waals surface area contributed by atoms with Crippen LogP contribution >= 0.6 is 27.5 Å². The zero-order valence-corrected chi connectivity index (χ0v) is 15.8. The third-order valence-electron chi connectivity index (χ3n) is 3.88. The summed E-state index contributed by atoms with van der Waals surface area (Å²) >= 11 is 9.98. The molecule has 3 aromatic carbocycles. The highest BCUT2D eigenvalue weighted by atomic mass is 79.9. The summed E-state index contributed by atoms with van der Waals surface area (Å²) in [7, 11) is 0. The first-order chi connectivity index (χ1) is 12.1. The minimum Gasteiger partial charge on any atom is -0.410 e. The van der Waals surface area contributed by atoms with Crippen LogP contribution in [0.1, 0.15) is 16.7 Å².